The van der Waals surface area contributed by atoms with Crippen LogP contribution >= 0.6 is 0 Å². The first-order valence-corrected chi connectivity index (χ1v) is 11.0. The molecule has 1 aromatic carbocycles. The number of benzene rings is 1. The Morgan fingerprint density at radius 2 is 1.68 bits per heavy atom. The first-order valence-electron chi connectivity index (χ1n) is 9.25. The van der Waals surface area contributed by atoms with E-state index in [1.54, 1.807) is 4.90 Å². The molecule has 0 aromatic heterocycles. The van der Waals surface area contributed by atoms with E-state index < -0.39 is 33.5 Å². The van der Waals surface area contributed by atoms with Gasteiger partial charge >= 0.3 is 0 Å². The number of halogens is 3. The van der Waals surface area contributed by atoms with Gasteiger partial charge in [0.1, 0.15) is 5.82 Å². The lowest BCUT2D eigenvalue weighted by Crippen LogP contribution is -2.50. The topological polar surface area (TPSA) is 106 Å². The highest BCUT2D eigenvalue weighted by atomic mass is 32.2. The summed E-state index contributed by atoms with van der Waals surface area (Å²) in [5.41, 5.74) is 6.28. The highest BCUT2D eigenvalue weighted by Crippen LogP contribution is 2.40. The van der Waals surface area contributed by atoms with Crippen LogP contribution in [0.15, 0.2) is 12.1 Å². The number of hydrogen-bond acceptors (Lipinski definition) is 4. The van der Waals surface area contributed by atoms with Gasteiger partial charge in [-0.3, -0.25) is 4.79 Å². The minimum absolute atomic E-state index is 0.00676. The summed E-state index contributed by atoms with van der Waals surface area (Å²) in [6.45, 7) is 0. The third kappa shape index (κ3) is 4.66. The van der Waals surface area contributed by atoms with Crippen LogP contribution in [0.5, 0.6) is 0 Å². The zero-order valence-corrected chi connectivity index (χ0v) is 16.1. The van der Waals surface area contributed by atoms with Gasteiger partial charge in [0.05, 0.1) is 5.75 Å². The van der Waals surface area contributed by atoms with Gasteiger partial charge in [-0.05, 0) is 49.7 Å². The van der Waals surface area contributed by atoms with Gasteiger partial charge in [0.25, 0.3) is 0 Å². The van der Waals surface area contributed by atoms with Gasteiger partial charge in [-0.25, -0.2) is 26.7 Å². The molecule has 156 valence electrons. The van der Waals surface area contributed by atoms with E-state index in [1.165, 1.54) is 0 Å². The maximum Gasteiger partial charge on any atom is 0.224 e. The second kappa shape index (κ2) is 8.00. The number of carbonyl (C=O) groups is 1. The summed E-state index contributed by atoms with van der Waals surface area (Å²) in [5, 5.41) is 4.97. The first-order chi connectivity index (χ1) is 13.0. The molecule has 2 unspecified atom stereocenters. The molecule has 1 aromatic rings. The minimum atomic E-state index is -3.70. The maximum atomic E-state index is 13.9. The molecular weight excluding hydrogens is 395 g/mol. The van der Waals surface area contributed by atoms with Gasteiger partial charge in [-0.15, -0.1) is 0 Å². The van der Waals surface area contributed by atoms with E-state index in [2.05, 4.69) is 0 Å². The fraction of sp³-hybridized carbons (Fsp3) is 0.611. The first kappa shape index (κ1) is 21.1. The summed E-state index contributed by atoms with van der Waals surface area (Å²) in [5.74, 6) is -3.79. The molecule has 2 heterocycles. The smallest absolute Gasteiger partial charge is 0.224 e. The van der Waals surface area contributed by atoms with Crippen molar-refractivity contribution in [3.8, 4) is 0 Å². The maximum absolute atomic E-state index is 13.9. The second-order valence-electron chi connectivity index (χ2n) is 7.76. The number of piperidine rings is 1. The largest absolute Gasteiger partial charge is 0.337 e. The molecule has 0 saturated carbocycles. The molecule has 2 fully saturated rings. The molecule has 28 heavy (non-hydrogen) atoms. The summed E-state index contributed by atoms with van der Waals surface area (Å²) in [7, 11) is -3.70. The molecule has 2 aliphatic heterocycles. The van der Waals surface area contributed by atoms with Crippen molar-refractivity contribution in [2.24, 2.45) is 16.8 Å². The summed E-state index contributed by atoms with van der Waals surface area (Å²) in [6.07, 6.45) is 2.76. The Kier molecular flexibility index (Phi) is 6.02. The molecule has 4 N–H and O–H groups in total. The van der Waals surface area contributed by atoms with Crippen molar-refractivity contribution >= 4 is 15.9 Å². The Labute approximate surface area is 162 Å². The molecule has 6 nitrogen and oxygen atoms in total. The summed E-state index contributed by atoms with van der Waals surface area (Å²) >= 11 is 0. The molecule has 1 amide bonds. The van der Waals surface area contributed by atoms with E-state index in [9.17, 15) is 26.4 Å². The van der Waals surface area contributed by atoms with Gasteiger partial charge in [0.2, 0.25) is 15.9 Å². The van der Waals surface area contributed by atoms with Gasteiger partial charge < -0.3 is 10.6 Å². The van der Waals surface area contributed by atoms with Crippen LogP contribution in [-0.4, -0.2) is 43.1 Å². The number of carbonyl (C=O) groups excluding carboxylic acids is 1. The van der Waals surface area contributed by atoms with Gasteiger partial charge in [0, 0.05) is 30.6 Å². The zero-order valence-electron chi connectivity index (χ0n) is 15.3. The number of rotatable bonds is 6. The van der Waals surface area contributed by atoms with Crippen LogP contribution in [0.4, 0.5) is 13.2 Å². The Balaban J connectivity index is 1.63. The van der Waals surface area contributed by atoms with Crippen molar-refractivity contribution in [2.45, 2.75) is 56.7 Å². The van der Waals surface area contributed by atoms with E-state index in [0.717, 1.165) is 18.9 Å². The van der Waals surface area contributed by atoms with Crippen molar-refractivity contribution in [2.75, 3.05) is 5.75 Å². The van der Waals surface area contributed by atoms with E-state index >= 15 is 0 Å². The van der Waals surface area contributed by atoms with E-state index in [4.69, 9.17) is 10.9 Å². The third-order valence-corrected chi connectivity index (χ3v) is 6.58. The number of nitrogens with zero attached hydrogens (tertiary/aromatic N) is 1. The number of sulfonamides is 1. The fourth-order valence-corrected chi connectivity index (χ4v) is 4.93. The number of amides is 1. The highest BCUT2D eigenvalue weighted by molar-refractivity contribution is 7.89. The lowest BCUT2D eigenvalue weighted by Gasteiger charge is -2.41. The molecule has 3 rings (SSSR count). The molecule has 2 saturated heterocycles. The van der Waals surface area contributed by atoms with Gasteiger partial charge in [-0.2, -0.15) is 0 Å². The van der Waals surface area contributed by atoms with E-state index in [-0.39, 0.29) is 48.1 Å². The Bertz CT molecular complexity index is 851. The Hall–Kier alpha value is -1.65. The summed E-state index contributed by atoms with van der Waals surface area (Å²) < 4.78 is 62.6. The standard InChI is InChI=1S/C18H24F3N3O3S/c19-14-9-16(21)15(20)7-10(14)8-17(22)11-5-12-1-2-13(6-11)24(12)18(25)3-4-28(23,26)27/h7,9,11-13,17H,1-6,8,22H2,(H2,23,26,27)/t11?,12?,13?,17-/m1/s1. The molecular formula is C18H24F3N3O3S. The normalized spacial score (nSPS) is 25.8. The fourth-order valence-electron chi connectivity index (χ4n) is 4.48. The van der Waals surface area contributed by atoms with Gasteiger partial charge in [0.15, 0.2) is 11.6 Å². The molecule has 0 radical (unpaired) electrons. The lowest BCUT2D eigenvalue weighted by atomic mass is 9.82. The van der Waals surface area contributed by atoms with Crippen LogP contribution < -0.4 is 10.9 Å². The molecule has 2 aliphatic rings. The van der Waals surface area contributed by atoms with Crippen molar-refractivity contribution < 1.29 is 26.4 Å². The van der Waals surface area contributed by atoms with E-state index in [1.807, 2.05) is 0 Å². The van der Waals surface area contributed by atoms with Crippen molar-refractivity contribution in [3.05, 3.63) is 35.1 Å². The van der Waals surface area contributed by atoms with Crippen LogP contribution in [-0.2, 0) is 21.2 Å². The predicted molar refractivity (Wildman–Crippen MR) is 97.0 cm³/mol. The highest BCUT2D eigenvalue weighted by Gasteiger charge is 2.44. The lowest BCUT2D eigenvalue weighted by molar-refractivity contribution is -0.136. The molecule has 0 spiro atoms. The number of nitrogens with two attached hydrogens (primary N) is 2. The van der Waals surface area contributed by atoms with Crippen LogP contribution in [0.3, 0.4) is 0 Å². The SMILES string of the molecule is N[C@H](Cc1cc(F)c(F)cc1F)C1CC2CCC(C1)N2C(=O)CCS(N)(=O)=O. The average molecular weight is 419 g/mol. The van der Waals surface area contributed by atoms with E-state index in [0.29, 0.717) is 18.9 Å². The van der Waals surface area contributed by atoms with Crippen molar-refractivity contribution in [1.82, 2.24) is 4.90 Å². The van der Waals surface area contributed by atoms with Crippen LogP contribution in [0.25, 0.3) is 0 Å². The Morgan fingerprint density at radius 1 is 1.11 bits per heavy atom. The third-order valence-electron chi connectivity index (χ3n) is 5.81. The summed E-state index contributed by atoms with van der Waals surface area (Å²) in [4.78, 5) is 14.2. The zero-order chi connectivity index (χ0) is 20.6. The quantitative estimate of drug-likeness (QED) is 0.680. The number of fused-ring (bicyclic) bond motifs is 2. The van der Waals surface area contributed by atoms with Gasteiger partial charge in [-0.1, -0.05) is 0 Å². The second-order valence-corrected chi connectivity index (χ2v) is 9.49. The van der Waals surface area contributed by atoms with Crippen LogP contribution in [0, 0.1) is 23.4 Å². The summed E-state index contributed by atoms with van der Waals surface area (Å²) in [6, 6.07) is 0.818. The van der Waals surface area contributed by atoms with Crippen LogP contribution in [0.2, 0.25) is 0 Å². The van der Waals surface area contributed by atoms with Crippen LogP contribution in [0.1, 0.15) is 37.7 Å². The molecule has 10 heteroatoms. The number of hydrogen-bond donors (Lipinski definition) is 2. The predicted octanol–water partition coefficient (Wildman–Crippen LogP) is 1.42. The Morgan fingerprint density at radius 3 is 2.25 bits per heavy atom. The molecule has 2 bridgehead atoms. The average Bonchev–Trinajstić information content (AvgIpc) is 2.86. The van der Waals surface area contributed by atoms with Crippen molar-refractivity contribution in [1.29, 1.82) is 0 Å². The molecule has 0 aliphatic carbocycles. The minimum Gasteiger partial charge on any atom is -0.337 e. The monoisotopic (exact) mass is 419 g/mol. The van der Waals surface area contributed by atoms with Crippen molar-refractivity contribution in [3.63, 3.8) is 0 Å². The number of primary sulfonamides is 1. The molecule has 3 atom stereocenters.